The lowest BCUT2D eigenvalue weighted by atomic mass is 9.98. The van der Waals surface area contributed by atoms with Gasteiger partial charge in [-0.2, -0.15) is 0 Å². The molecule has 0 aliphatic carbocycles. The van der Waals surface area contributed by atoms with E-state index in [2.05, 4.69) is 6.92 Å². The number of unbranched alkanes of at least 4 members (excludes halogenated alkanes) is 1. The van der Waals surface area contributed by atoms with Gasteiger partial charge in [-0.05, 0) is 30.0 Å². The molecule has 0 fully saturated rings. The Morgan fingerprint density at radius 2 is 1.62 bits per heavy atom. The highest BCUT2D eigenvalue weighted by Crippen LogP contribution is 2.27. The molecule has 1 N–H and O–H groups in total. The average molecular weight is 294 g/mol. The molecule has 0 radical (unpaired) electrons. The average Bonchev–Trinajstić information content (AvgIpc) is 2.51. The third kappa shape index (κ3) is 3.45. The smallest absolute Gasteiger partial charge is 0.194 e. The zero-order chi connectivity index (χ0) is 15.4. The number of rotatable bonds is 5. The van der Waals surface area contributed by atoms with Crippen LogP contribution in [0.1, 0.15) is 42.6 Å². The summed E-state index contributed by atoms with van der Waals surface area (Å²) in [5.74, 6) is -4.18. The Hall–Kier alpha value is -1.81. The predicted octanol–water partition coefficient (Wildman–Crippen LogP) is 4.53. The van der Waals surface area contributed by atoms with Gasteiger partial charge in [0.2, 0.25) is 0 Å². The molecule has 0 aromatic heterocycles. The monoisotopic (exact) mass is 294 g/mol. The van der Waals surface area contributed by atoms with Crippen molar-refractivity contribution in [1.82, 2.24) is 0 Å². The van der Waals surface area contributed by atoms with Crippen molar-refractivity contribution < 1.29 is 18.3 Å². The summed E-state index contributed by atoms with van der Waals surface area (Å²) >= 11 is 0. The van der Waals surface area contributed by atoms with Crippen molar-refractivity contribution >= 4 is 0 Å². The minimum Gasteiger partial charge on any atom is -0.384 e. The molecule has 0 saturated carbocycles. The molecule has 1 unspecified atom stereocenters. The Balaban J connectivity index is 2.24. The molecule has 112 valence electrons. The summed E-state index contributed by atoms with van der Waals surface area (Å²) < 4.78 is 39.8. The van der Waals surface area contributed by atoms with Crippen LogP contribution in [0.2, 0.25) is 0 Å². The van der Waals surface area contributed by atoms with Crippen molar-refractivity contribution in [3.8, 4) is 0 Å². The van der Waals surface area contributed by atoms with Crippen LogP contribution in [0.5, 0.6) is 0 Å². The quantitative estimate of drug-likeness (QED) is 0.803. The van der Waals surface area contributed by atoms with E-state index in [9.17, 15) is 18.3 Å². The second kappa shape index (κ2) is 6.76. The molecule has 0 amide bonds. The van der Waals surface area contributed by atoms with E-state index in [1.165, 1.54) is 0 Å². The molecule has 0 aliphatic rings. The second-order valence-electron chi connectivity index (χ2n) is 5.01. The number of aryl methyl sites for hydroxylation is 1. The Bertz CT molecular complexity index is 608. The van der Waals surface area contributed by atoms with Gasteiger partial charge in [0.1, 0.15) is 6.10 Å². The van der Waals surface area contributed by atoms with Gasteiger partial charge >= 0.3 is 0 Å². The van der Waals surface area contributed by atoms with E-state index in [-0.39, 0.29) is 5.56 Å². The van der Waals surface area contributed by atoms with Gasteiger partial charge in [-0.1, -0.05) is 43.7 Å². The molecule has 0 saturated heterocycles. The lowest BCUT2D eigenvalue weighted by Gasteiger charge is -2.13. The van der Waals surface area contributed by atoms with Crippen molar-refractivity contribution in [3.63, 3.8) is 0 Å². The van der Waals surface area contributed by atoms with Crippen LogP contribution in [0, 0.1) is 17.5 Å². The number of hydrogen-bond donors (Lipinski definition) is 1. The van der Waals surface area contributed by atoms with Gasteiger partial charge < -0.3 is 5.11 Å². The minimum absolute atomic E-state index is 0.268. The maximum Gasteiger partial charge on any atom is 0.194 e. The Kier molecular flexibility index (Phi) is 5.02. The van der Waals surface area contributed by atoms with E-state index >= 15 is 0 Å². The highest BCUT2D eigenvalue weighted by molar-refractivity contribution is 5.33. The van der Waals surface area contributed by atoms with Crippen LogP contribution < -0.4 is 0 Å². The van der Waals surface area contributed by atoms with E-state index < -0.39 is 23.6 Å². The van der Waals surface area contributed by atoms with Crippen molar-refractivity contribution in [1.29, 1.82) is 0 Å². The molecule has 1 nitrogen and oxygen atoms in total. The number of aliphatic hydroxyl groups is 1. The van der Waals surface area contributed by atoms with Crippen LogP contribution in [0.25, 0.3) is 0 Å². The third-order valence-electron chi connectivity index (χ3n) is 3.47. The zero-order valence-electron chi connectivity index (χ0n) is 11.7. The fraction of sp³-hybridized carbons (Fsp3) is 0.294. The number of hydrogen-bond acceptors (Lipinski definition) is 1. The Morgan fingerprint density at radius 3 is 2.24 bits per heavy atom. The lowest BCUT2D eigenvalue weighted by molar-refractivity contribution is 0.212. The van der Waals surface area contributed by atoms with E-state index in [0.29, 0.717) is 5.56 Å². The molecule has 2 aromatic rings. The van der Waals surface area contributed by atoms with E-state index in [1.54, 1.807) is 12.1 Å². The van der Waals surface area contributed by atoms with Crippen LogP contribution in [-0.2, 0) is 6.42 Å². The molecule has 0 aliphatic heterocycles. The van der Waals surface area contributed by atoms with Gasteiger partial charge in [-0.3, -0.25) is 0 Å². The second-order valence-corrected chi connectivity index (χ2v) is 5.01. The first kappa shape index (κ1) is 15.6. The molecule has 2 aromatic carbocycles. The molecule has 0 heterocycles. The summed E-state index contributed by atoms with van der Waals surface area (Å²) in [6, 6.07) is 8.93. The molecular formula is C17H17F3O. The summed E-state index contributed by atoms with van der Waals surface area (Å²) in [5, 5.41) is 10.1. The number of halogens is 3. The molecule has 0 bridgehead atoms. The van der Waals surface area contributed by atoms with E-state index in [4.69, 9.17) is 0 Å². The Morgan fingerprint density at radius 1 is 0.952 bits per heavy atom. The summed E-state index contributed by atoms with van der Waals surface area (Å²) in [5.41, 5.74) is 1.30. The lowest BCUT2D eigenvalue weighted by Crippen LogP contribution is -2.05. The van der Waals surface area contributed by atoms with Crippen LogP contribution in [0.4, 0.5) is 13.2 Å². The topological polar surface area (TPSA) is 20.2 Å². The fourth-order valence-electron chi connectivity index (χ4n) is 2.18. The van der Waals surface area contributed by atoms with Gasteiger partial charge in [0.25, 0.3) is 0 Å². The van der Waals surface area contributed by atoms with Gasteiger partial charge in [-0.15, -0.1) is 0 Å². The third-order valence-corrected chi connectivity index (χ3v) is 3.47. The first-order chi connectivity index (χ1) is 10.0. The first-order valence-corrected chi connectivity index (χ1v) is 6.95. The fourth-order valence-corrected chi connectivity index (χ4v) is 2.18. The van der Waals surface area contributed by atoms with Gasteiger partial charge in [0.05, 0.1) is 0 Å². The molecule has 0 spiro atoms. The predicted molar refractivity (Wildman–Crippen MR) is 75.4 cm³/mol. The number of aliphatic hydroxyl groups excluding tert-OH is 1. The van der Waals surface area contributed by atoms with Crippen LogP contribution in [-0.4, -0.2) is 5.11 Å². The molecule has 1 atom stereocenters. The van der Waals surface area contributed by atoms with Crippen LogP contribution >= 0.6 is 0 Å². The highest BCUT2D eigenvalue weighted by atomic mass is 19.2. The highest BCUT2D eigenvalue weighted by Gasteiger charge is 2.20. The molecular weight excluding hydrogens is 277 g/mol. The summed E-state index contributed by atoms with van der Waals surface area (Å²) in [6.07, 6.45) is 1.77. The summed E-state index contributed by atoms with van der Waals surface area (Å²) in [4.78, 5) is 0. The van der Waals surface area contributed by atoms with Crippen molar-refractivity contribution in [2.45, 2.75) is 32.3 Å². The largest absolute Gasteiger partial charge is 0.384 e. The van der Waals surface area contributed by atoms with Crippen LogP contribution in [0.15, 0.2) is 36.4 Å². The van der Waals surface area contributed by atoms with Crippen LogP contribution in [0.3, 0.4) is 0 Å². The van der Waals surface area contributed by atoms with Gasteiger partial charge in [-0.25, -0.2) is 13.2 Å². The summed E-state index contributed by atoms with van der Waals surface area (Å²) in [7, 11) is 0. The summed E-state index contributed by atoms with van der Waals surface area (Å²) in [6.45, 7) is 2.10. The number of benzene rings is 2. The SMILES string of the molecule is CCCCc1ccc(C(O)c2ccc(F)c(F)c2F)cc1. The van der Waals surface area contributed by atoms with E-state index in [1.807, 2.05) is 12.1 Å². The van der Waals surface area contributed by atoms with E-state index in [0.717, 1.165) is 37.0 Å². The minimum atomic E-state index is -1.56. The first-order valence-electron chi connectivity index (χ1n) is 6.95. The Labute approximate surface area is 122 Å². The standard InChI is InChI=1S/C17H17F3O/c1-2-3-4-11-5-7-12(8-6-11)17(21)13-9-10-14(18)16(20)15(13)19/h5-10,17,21H,2-4H2,1H3. The normalized spacial score (nSPS) is 12.4. The maximum atomic E-state index is 13.7. The zero-order valence-corrected chi connectivity index (χ0v) is 11.7. The maximum absolute atomic E-state index is 13.7. The van der Waals surface area contributed by atoms with Crippen molar-refractivity contribution in [3.05, 3.63) is 70.5 Å². The van der Waals surface area contributed by atoms with Gasteiger partial charge in [0.15, 0.2) is 17.5 Å². The van der Waals surface area contributed by atoms with Crippen molar-refractivity contribution in [2.24, 2.45) is 0 Å². The van der Waals surface area contributed by atoms with Gasteiger partial charge in [0, 0.05) is 5.56 Å². The van der Waals surface area contributed by atoms with Crippen molar-refractivity contribution in [2.75, 3.05) is 0 Å². The molecule has 2 rings (SSSR count). The molecule has 4 heteroatoms. The molecule has 21 heavy (non-hydrogen) atoms.